The third kappa shape index (κ3) is 2.85. The predicted octanol–water partition coefficient (Wildman–Crippen LogP) is 2.29. The molecule has 0 fully saturated rings. The van der Waals surface area contributed by atoms with Crippen LogP contribution in [-0.2, 0) is 0 Å². The second-order valence-corrected chi connectivity index (χ2v) is 3.80. The standard InChI is InChI=1S/C10H10N4S/c1-8-7-15-10(13-8)14-12-6-9-2-4-11-5-3-9/h2-7H,1H3,(H,13,14). The molecule has 2 heterocycles. The maximum absolute atomic E-state index is 4.22. The minimum absolute atomic E-state index is 0.804. The molecule has 2 aromatic rings. The number of pyridine rings is 1. The number of hydrogen-bond donors (Lipinski definition) is 1. The number of hydrazone groups is 1. The molecule has 0 aliphatic carbocycles. The monoisotopic (exact) mass is 218 g/mol. The molecule has 1 N–H and O–H groups in total. The van der Waals surface area contributed by atoms with Crippen molar-refractivity contribution in [1.82, 2.24) is 9.97 Å². The number of anilines is 1. The second kappa shape index (κ2) is 4.65. The van der Waals surface area contributed by atoms with Crippen molar-refractivity contribution in [3.63, 3.8) is 0 Å². The molecular weight excluding hydrogens is 208 g/mol. The number of nitrogens with zero attached hydrogens (tertiary/aromatic N) is 3. The zero-order valence-electron chi connectivity index (χ0n) is 8.21. The van der Waals surface area contributed by atoms with Gasteiger partial charge < -0.3 is 0 Å². The molecule has 76 valence electrons. The van der Waals surface area contributed by atoms with E-state index >= 15 is 0 Å². The highest BCUT2D eigenvalue weighted by atomic mass is 32.1. The van der Waals surface area contributed by atoms with Crippen LogP contribution in [0.2, 0.25) is 0 Å². The van der Waals surface area contributed by atoms with Crippen molar-refractivity contribution in [2.45, 2.75) is 6.92 Å². The Kier molecular flexibility index (Phi) is 3.04. The Balaban J connectivity index is 1.96. The van der Waals surface area contributed by atoms with Gasteiger partial charge in [0.15, 0.2) is 0 Å². The Hall–Kier alpha value is -1.75. The second-order valence-electron chi connectivity index (χ2n) is 2.94. The van der Waals surface area contributed by atoms with E-state index in [0.29, 0.717) is 0 Å². The molecule has 0 aliphatic rings. The van der Waals surface area contributed by atoms with Crippen LogP contribution in [0, 0.1) is 6.92 Å². The van der Waals surface area contributed by atoms with Crippen LogP contribution in [0.3, 0.4) is 0 Å². The van der Waals surface area contributed by atoms with Gasteiger partial charge >= 0.3 is 0 Å². The maximum atomic E-state index is 4.22. The first-order valence-corrected chi connectivity index (χ1v) is 5.34. The zero-order valence-corrected chi connectivity index (χ0v) is 9.03. The summed E-state index contributed by atoms with van der Waals surface area (Å²) in [6.07, 6.45) is 5.20. The minimum Gasteiger partial charge on any atom is -0.265 e. The van der Waals surface area contributed by atoms with Gasteiger partial charge in [-0.1, -0.05) is 0 Å². The summed E-state index contributed by atoms with van der Waals surface area (Å²) in [5, 5.41) is 6.85. The lowest BCUT2D eigenvalue weighted by molar-refractivity contribution is 1.22. The molecule has 0 aromatic carbocycles. The van der Waals surface area contributed by atoms with Crippen molar-refractivity contribution in [3.8, 4) is 0 Å². The van der Waals surface area contributed by atoms with E-state index < -0.39 is 0 Å². The van der Waals surface area contributed by atoms with Crippen molar-refractivity contribution in [1.29, 1.82) is 0 Å². The average Bonchev–Trinajstić information content (AvgIpc) is 2.66. The Labute approximate surface area is 91.7 Å². The van der Waals surface area contributed by atoms with E-state index in [4.69, 9.17) is 0 Å². The molecule has 0 aliphatic heterocycles. The fourth-order valence-electron chi connectivity index (χ4n) is 1.02. The topological polar surface area (TPSA) is 50.2 Å². The maximum Gasteiger partial charge on any atom is 0.203 e. The molecule has 0 unspecified atom stereocenters. The van der Waals surface area contributed by atoms with E-state index in [0.717, 1.165) is 16.4 Å². The summed E-state index contributed by atoms with van der Waals surface area (Å²) in [5.41, 5.74) is 4.88. The van der Waals surface area contributed by atoms with Crippen molar-refractivity contribution in [2.75, 3.05) is 5.43 Å². The summed E-state index contributed by atoms with van der Waals surface area (Å²) in [6.45, 7) is 1.95. The predicted molar refractivity (Wildman–Crippen MR) is 62.3 cm³/mol. The molecule has 0 spiro atoms. The van der Waals surface area contributed by atoms with Gasteiger partial charge in [-0.25, -0.2) is 4.98 Å². The summed E-state index contributed by atoms with van der Waals surface area (Å²) in [6, 6.07) is 3.77. The zero-order chi connectivity index (χ0) is 10.5. The summed E-state index contributed by atoms with van der Waals surface area (Å²) >= 11 is 1.54. The summed E-state index contributed by atoms with van der Waals surface area (Å²) < 4.78 is 0. The number of aryl methyl sites for hydroxylation is 1. The first kappa shape index (κ1) is 9.79. The molecule has 2 rings (SSSR count). The third-order valence-electron chi connectivity index (χ3n) is 1.70. The summed E-state index contributed by atoms with van der Waals surface area (Å²) in [4.78, 5) is 8.15. The molecule has 4 nitrogen and oxygen atoms in total. The number of thiazole rings is 1. The first-order chi connectivity index (χ1) is 7.34. The quantitative estimate of drug-likeness (QED) is 0.635. The van der Waals surface area contributed by atoms with E-state index in [-0.39, 0.29) is 0 Å². The van der Waals surface area contributed by atoms with Crippen LogP contribution in [-0.4, -0.2) is 16.2 Å². The number of aromatic nitrogens is 2. The highest BCUT2D eigenvalue weighted by molar-refractivity contribution is 7.13. The number of hydrogen-bond acceptors (Lipinski definition) is 5. The van der Waals surface area contributed by atoms with Crippen molar-refractivity contribution in [3.05, 3.63) is 41.2 Å². The van der Waals surface area contributed by atoms with Gasteiger partial charge in [0, 0.05) is 17.8 Å². The van der Waals surface area contributed by atoms with Crippen molar-refractivity contribution < 1.29 is 0 Å². The van der Waals surface area contributed by atoms with Gasteiger partial charge in [0.2, 0.25) is 5.13 Å². The normalized spacial score (nSPS) is 10.7. The lowest BCUT2D eigenvalue weighted by Crippen LogP contribution is -1.89. The molecule has 0 atom stereocenters. The number of rotatable bonds is 3. The Morgan fingerprint density at radius 3 is 2.87 bits per heavy atom. The van der Waals surface area contributed by atoms with Crippen LogP contribution in [0.4, 0.5) is 5.13 Å². The van der Waals surface area contributed by atoms with Crippen molar-refractivity contribution >= 4 is 22.7 Å². The largest absolute Gasteiger partial charge is 0.265 e. The fraction of sp³-hybridized carbons (Fsp3) is 0.100. The Bertz CT molecular complexity index is 449. The van der Waals surface area contributed by atoms with Crippen molar-refractivity contribution in [2.24, 2.45) is 5.10 Å². The fourth-order valence-corrected chi connectivity index (χ4v) is 1.65. The highest BCUT2D eigenvalue weighted by Gasteiger charge is 1.93. The van der Waals surface area contributed by atoms with Gasteiger partial charge in [-0.3, -0.25) is 10.4 Å². The van der Waals surface area contributed by atoms with Gasteiger partial charge in [0.05, 0.1) is 11.9 Å². The van der Waals surface area contributed by atoms with Gasteiger partial charge in [0.25, 0.3) is 0 Å². The molecule has 0 amide bonds. The average molecular weight is 218 g/mol. The van der Waals surface area contributed by atoms with Crippen LogP contribution in [0.1, 0.15) is 11.3 Å². The van der Waals surface area contributed by atoms with E-state index in [1.54, 1.807) is 18.6 Å². The van der Waals surface area contributed by atoms with Crippen LogP contribution in [0.25, 0.3) is 0 Å². The van der Waals surface area contributed by atoms with Crippen LogP contribution in [0.5, 0.6) is 0 Å². The lowest BCUT2D eigenvalue weighted by atomic mass is 10.3. The van der Waals surface area contributed by atoms with E-state index in [9.17, 15) is 0 Å². The molecule has 0 bridgehead atoms. The minimum atomic E-state index is 0.804. The van der Waals surface area contributed by atoms with E-state index in [1.165, 1.54) is 11.3 Å². The van der Waals surface area contributed by atoms with Gasteiger partial charge in [-0.05, 0) is 24.6 Å². The lowest BCUT2D eigenvalue weighted by Gasteiger charge is -1.92. The smallest absolute Gasteiger partial charge is 0.203 e. The Morgan fingerprint density at radius 2 is 2.20 bits per heavy atom. The highest BCUT2D eigenvalue weighted by Crippen LogP contribution is 2.13. The van der Waals surface area contributed by atoms with E-state index in [1.807, 2.05) is 24.4 Å². The molecule has 5 heteroatoms. The summed E-state index contributed by atoms with van der Waals surface area (Å²) in [5.74, 6) is 0. The SMILES string of the molecule is Cc1csc(NN=Cc2ccncc2)n1. The third-order valence-corrected chi connectivity index (χ3v) is 2.56. The number of nitrogens with one attached hydrogen (secondary N) is 1. The molecular formula is C10H10N4S. The van der Waals surface area contributed by atoms with Gasteiger partial charge in [0.1, 0.15) is 0 Å². The van der Waals surface area contributed by atoms with Gasteiger partial charge in [-0.2, -0.15) is 5.10 Å². The molecule has 15 heavy (non-hydrogen) atoms. The molecule has 2 aromatic heterocycles. The van der Waals surface area contributed by atoms with Gasteiger partial charge in [-0.15, -0.1) is 11.3 Å². The summed E-state index contributed by atoms with van der Waals surface area (Å²) in [7, 11) is 0. The van der Waals surface area contributed by atoms with Crippen LogP contribution in [0.15, 0.2) is 35.0 Å². The Morgan fingerprint density at radius 1 is 1.40 bits per heavy atom. The van der Waals surface area contributed by atoms with E-state index in [2.05, 4.69) is 20.5 Å². The molecule has 0 saturated carbocycles. The first-order valence-electron chi connectivity index (χ1n) is 4.46. The molecule has 0 saturated heterocycles. The molecule has 0 radical (unpaired) electrons. The van der Waals surface area contributed by atoms with Crippen LogP contribution < -0.4 is 5.43 Å². The van der Waals surface area contributed by atoms with Crippen LogP contribution >= 0.6 is 11.3 Å².